The average molecular weight is 740 g/mol. The molecule has 0 spiro atoms. The molecule has 5 nitrogen and oxygen atoms in total. The van der Waals surface area contributed by atoms with E-state index < -0.39 is 0 Å². The van der Waals surface area contributed by atoms with Gasteiger partial charge in [0.25, 0.3) is 0 Å². The minimum atomic E-state index is 0.213. The van der Waals surface area contributed by atoms with Crippen LogP contribution in [0.15, 0.2) is 194 Å². The Morgan fingerprint density at radius 2 is 0.966 bits per heavy atom. The van der Waals surface area contributed by atoms with Crippen molar-refractivity contribution in [2.45, 2.75) is 5.92 Å². The minimum absolute atomic E-state index is 0.213. The van der Waals surface area contributed by atoms with E-state index in [4.69, 9.17) is 15.0 Å². The highest BCUT2D eigenvalue weighted by Crippen LogP contribution is 2.49. The molecule has 1 aliphatic rings. The number of aromatic nitrogens is 4. The Kier molecular flexibility index (Phi) is 7.87. The number of para-hydroxylation sites is 1. The lowest BCUT2D eigenvalue weighted by molar-refractivity contribution is 1.02. The Hall–Kier alpha value is -7.94. The van der Waals surface area contributed by atoms with E-state index in [1.807, 2.05) is 78.9 Å². The third kappa shape index (κ3) is 5.50. The van der Waals surface area contributed by atoms with Crippen LogP contribution in [0.25, 0.3) is 83.9 Å². The van der Waals surface area contributed by atoms with Gasteiger partial charge in [-0.25, -0.2) is 15.0 Å². The number of nitriles is 1. The standard InChI is InChI=1S/C53H33N5/c54-33-40-30-39(53-56-51(35-16-6-2-7-17-35)55-52(57-53)36-18-8-3-9-19-36)26-28-47(40)58-48-23-13-12-21-42(48)46-32-38(25-29-49(46)58)37-24-27-44-45(31-37)41-20-10-11-22-43(41)50(44)34-14-4-1-5-15-34/h1-32,50H. The van der Waals surface area contributed by atoms with Crippen LogP contribution in [0.2, 0.25) is 0 Å². The summed E-state index contributed by atoms with van der Waals surface area (Å²) in [7, 11) is 0. The molecule has 0 bridgehead atoms. The maximum atomic E-state index is 10.7. The molecule has 2 aromatic heterocycles. The summed E-state index contributed by atoms with van der Waals surface area (Å²) in [6.45, 7) is 0. The normalized spacial score (nSPS) is 13.0. The summed E-state index contributed by atoms with van der Waals surface area (Å²) in [5, 5.41) is 13.0. The van der Waals surface area contributed by atoms with E-state index in [1.54, 1.807) is 0 Å². The molecule has 0 fully saturated rings. The van der Waals surface area contributed by atoms with E-state index in [1.165, 1.54) is 33.4 Å². The van der Waals surface area contributed by atoms with Crippen molar-refractivity contribution in [3.8, 4) is 68.2 Å². The topological polar surface area (TPSA) is 67.4 Å². The van der Waals surface area contributed by atoms with E-state index in [0.717, 1.165) is 49.7 Å². The van der Waals surface area contributed by atoms with Crippen LogP contribution in [0.3, 0.4) is 0 Å². The zero-order valence-electron chi connectivity index (χ0n) is 31.3. The van der Waals surface area contributed by atoms with Crippen molar-refractivity contribution in [3.63, 3.8) is 0 Å². The Morgan fingerprint density at radius 3 is 1.69 bits per heavy atom. The van der Waals surface area contributed by atoms with E-state index >= 15 is 0 Å². The molecule has 10 aromatic rings. The maximum Gasteiger partial charge on any atom is 0.164 e. The summed E-state index contributed by atoms with van der Waals surface area (Å²) in [6, 6.07) is 69.9. The fourth-order valence-electron chi connectivity index (χ4n) is 8.70. The van der Waals surface area contributed by atoms with Gasteiger partial charge in [0.2, 0.25) is 0 Å². The maximum absolute atomic E-state index is 10.7. The number of fused-ring (bicyclic) bond motifs is 6. The molecule has 0 aliphatic heterocycles. The van der Waals surface area contributed by atoms with Gasteiger partial charge in [0.15, 0.2) is 17.5 Å². The highest BCUT2D eigenvalue weighted by Gasteiger charge is 2.30. The zero-order valence-corrected chi connectivity index (χ0v) is 31.3. The van der Waals surface area contributed by atoms with Crippen LogP contribution in [-0.2, 0) is 0 Å². The second-order valence-corrected chi connectivity index (χ2v) is 14.7. The highest BCUT2D eigenvalue weighted by atomic mass is 15.0. The first-order chi connectivity index (χ1) is 28.7. The van der Waals surface area contributed by atoms with Gasteiger partial charge in [-0.15, -0.1) is 0 Å². The van der Waals surface area contributed by atoms with Crippen LogP contribution >= 0.6 is 0 Å². The molecule has 1 aliphatic carbocycles. The van der Waals surface area contributed by atoms with Crippen LogP contribution in [0, 0.1) is 11.3 Å². The van der Waals surface area contributed by atoms with Gasteiger partial charge in [-0.2, -0.15) is 5.26 Å². The number of rotatable bonds is 6. The van der Waals surface area contributed by atoms with Crippen molar-refractivity contribution in [1.29, 1.82) is 5.26 Å². The monoisotopic (exact) mass is 739 g/mol. The molecule has 1 atom stereocenters. The summed E-state index contributed by atoms with van der Waals surface area (Å²) in [5.74, 6) is 1.88. The van der Waals surface area contributed by atoms with Gasteiger partial charge in [-0.3, -0.25) is 0 Å². The third-order valence-corrected chi connectivity index (χ3v) is 11.4. The number of benzene rings is 8. The molecule has 0 radical (unpaired) electrons. The first-order valence-corrected chi connectivity index (χ1v) is 19.5. The molecule has 2 heterocycles. The summed E-state index contributed by atoms with van der Waals surface area (Å²) in [6.07, 6.45) is 0. The smallest absolute Gasteiger partial charge is 0.164 e. The minimum Gasteiger partial charge on any atom is -0.308 e. The largest absolute Gasteiger partial charge is 0.308 e. The number of hydrogen-bond donors (Lipinski definition) is 0. The van der Waals surface area contributed by atoms with Crippen molar-refractivity contribution in [3.05, 3.63) is 216 Å². The third-order valence-electron chi connectivity index (χ3n) is 11.4. The first-order valence-electron chi connectivity index (χ1n) is 19.5. The van der Waals surface area contributed by atoms with Gasteiger partial charge >= 0.3 is 0 Å². The van der Waals surface area contributed by atoms with Crippen molar-refractivity contribution >= 4 is 21.8 Å². The molecule has 0 saturated heterocycles. The molecule has 8 aromatic carbocycles. The summed E-state index contributed by atoms with van der Waals surface area (Å²) >= 11 is 0. The summed E-state index contributed by atoms with van der Waals surface area (Å²) < 4.78 is 2.21. The molecule has 0 N–H and O–H groups in total. The second-order valence-electron chi connectivity index (χ2n) is 14.7. The lowest BCUT2D eigenvalue weighted by Crippen LogP contribution is -2.02. The zero-order chi connectivity index (χ0) is 38.6. The van der Waals surface area contributed by atoms with E-state index in [-0.39, 0.29) is 5.92 Å². The van der Waals surface area contributed by atoms with Gasteiger partial charge in [0, 0.05) is 33.4 Å². The molecule has 0 saturated carbocycles. The van der Waals surface area contributed by atoms with Gasteiger partial charge in [0.05, 0.1) is 22.3 Å². The number of nitrogens with zero attached hydrogens (tertiary/aromatic N) is 5. The Morgan fingerprint density at radius 1 is 0.414 bits per heavy atom. The highest BCUT2D eigenvalue weighted by molar-refractivity contribution is 6.10. The molecule has 1 unspecified atom stereocenters. The Labute approximate surface area is 335 Å². The molecular formula is C53H33N5. The van der Waals surface area contributed by atoms with Gasteiger partial charge in [-0.05, 0) is 81.4 Å². The molecule has 5 heteroatoms. The molecule has 0 amide bonds. The fraction of sp³-hybridized carbons (Fsp3) is 0.0189. The van der Waals surface area contributed by atoms with E-state index in [9.17, 15) is 5.26 Å². The van der Waals surface area contributed by atoms with Crippen LogP contribution < -0.4 is 0 Å². The van der Waals surface area contributed by atoms with Gasteiger partial charge in [-0.1, -0.05) is 152 Å². The van der Waals surface area contributed by atoms with Gasteiger partial charge in [0.1, 0.15) is 6.07 Å². The molecular weight excluding hydrogens is 707 g/mol. The predicted octanol–water partition coefficient (Wildman–Crippen LogP) is 12.7. The van der Waals surface area contributed by atoms with Crippen molar-refractivity contribution in [2.75, 3.05) is 0 Å². The van der Waals surface area contributed by atoms with Crippen LogP contribution in [0.1, 0.15) is 28.2 Å². The number of hydrogen-bond acceptors (Lipinski definition) is 4. The van der Waals surface area contributed by atoms with Crippen LogP contribution in [0.4, 0.5) is 0 Å². The van der Waals surface area contributed by atoms with Crippen LogP contribution in [0.5, 0.6) is 0 Å². The van der Waals surface area contributed by atoms with E-state index in [2.05, 4.69) is 126 Å². The summed E-state index contributed by atoms with van der Waals surface area (Å²) in [5.41, 5.74) is 14.8. The lowest BCUT2D eigenvalue weighted by Gasteiger charge is -2.14. The Bertz CT molecular complexity index is 3180. The second kappa shape index (κ2) is 13.7. The van der Waals surface area contributed by atoms with Crippen LogP contribution in [-0.4, -0.2) is 19.5 Å². The predicted molar refractivity (Wildman–Crippen MR) is 233 cm³/mol. The lowest BCUT2D eigenvalue weighted by atomic mass is 9.89. The van der Waals surface area contributed by atoms with Crippen molar-refractivity contribution < 1.29 is 0 Å². The van der Waals surface area contributed by atoms with Gasteiger partial charge < -0.3 is 4.57 Å². The van der Waals surface area contributed by atoms with E-state index in [0.29, 0.717) is 23.0 Å². The summed E-state index contributed by atoms with van der Waals surface area (Å²) in [4.78, 5) is 14.7. The fourth-order valence-corrected chi connectivity index (χ4v) is 8.70. The molecule has 58 heavy (non-hydrogen) atoms. The van der Waals surface area contributed by atoms with Crippen molar-refractivity contribution in [1.82, 2.24) is 19.5 Å². The average Bonchev–Trinajstić information content (AvgIpc) is 3.81. The first kappa shape index (κ1) is 33.4. The van der Waals surface area contributed by atoms with Crippen molar-refractivity contribution in [2.24, 2.45) is 0 Å². The quantitative estimate of drug-likeness (QED) is 0.170. The molecule has 11 rings (SSSR count). The molecule has 270 valence electrons. The Balaban J connectivity index is 1.02. The SMILES string of the molecule is N#Cc1cc(-c2nc(-c3ccccc3)nc(-c3ccccc3)n2)ccc1-n1c2ccccc2c2cc(-c3ccc4c(c3)-c3ccccc3C4c3ccccc3)ccc21.